The van der Waals surface area contributed by atoms with Gasteiger partial charge in [0.15, 0.2) is 11.5 Å². The molecule has 0 aliphatic carbocycles. The molecule has 1 aliphatic rings. The second-order valence-corrected chi connectivity index (χ2v) is 9.29. The first-order valence-electron chi connectivity index (χ1n) is 10.3. The van der Waals surface area contributed by atoms with Crippen LogP contribution in [-0.4, -0.2) is 32.1 Å². The summed E-state index contributed by atoms with van der Waals surface area (Å²) < 4.78 is 41.0. The lowest BCUT2D eigenvalue weighted by Crippen LogP contribution is -2.17. The normalized spacial score (nSPS) is 13.0. The number of aromatic nitrogens is 1. The number of benzene rings is 3. The summed E-state index contributed by atoms with van der Waals surface area (Å²) in [5.41, 5.74) is 2.47. The van der Waals surface area contributed by atoms with Gasteiger partial charge < -0.3 is 19.4 Å². The molecule has 1 aliphatic heterocycles. The van der Waals surface area contributed by atoms with Crippen molar-refractivity contribution < 1.29 is 22.7 Å². The number of nitrogens with zero attached hydrogens (tertiary/aromatic N) is 1. The molecule has 0 saturated heterocycles. The first kappa shape index (κ1) is 20.9. The van der Waals surface area contributed by atoms with Crippen molar-refractivity contribution in [3.8, 4) is 11.5 Å². The van der Waals surface area contributed by atoms with Gasteiger partial charge in [0.25, 0.3) is 15.9 Å². The monoisotopic (exact) mass is 463 g/mol. The molecule has 2 heterocycles. The predicted molar refractivity (Wildman–Crippen MR) is 126 cm³/mol. The van der Waals surface area contributed by atoms with Crippen LogP contribution in [0.2, 0.25) is 0 Å². The molecule has 8 nitrogen and oxygen atoms in total. The first-order valence-corrected chi connectivity index (χ1v) is 11.8. The second kappa shape index (κ2) is 8.18. The SMILES string of the molecule is Cn1ccc2c(NC(=O)c3ccc(NS(=O)(=O)c4ccc5c(c4)OCCO5)cc3)cccc21. The van der Waals surface area contributed by atoms with E-state index in [0.717, 1.165) is 10.9 Å². The standard InChI is InChI=1S/C24H21N3O5S/c1-27-12-11-19-20(3-2-4-21(19)27)25-24(28)16-5-7-17(8-6-16)26-33(29,30)18-9-10-22-23(15-18)32-14-13-31-22/h2-12,15,26H,13-14H2,1H3,(H,25,28). The third-order valence-corrected chi connectivity index (χ3v) is 6.78. The van der Waals surface area contributed by atoms with Gasteiger partial charge in [-0.25, -0.2) is 8.42 Å². The van der Waals surface area contributed by atoms with Crippen LogP contribution >= 0.6 is 0 Å². The van der Waals surface area contributed by atoms with Crippen molar-refractivity contribution in [2.45, 2.75) is 4.90 Å². The van der Waals surface area contributed by atoms with E-state index < -0.39 is 10.0 Å². The van der Waals surface area contributed by atoms with Gasteiger partial charge in [-0.2, -0.15) is 0 Å². The quantitative estimate of drug-likeness (QED) is 0.466. The fourth-order valence-corrected chi connectivity index (χ4v) is 4.77. The Balaban J connectivity index is 1.31. The molecule has 33 heavy (non-hydrogen) atoms. The molecule has 0 atom stereocenters. The van der Waals surface area contributed by atoms with Gasteiger partial charge >= 0.3 is 0 Å². The molecule has 0 unspecified atom stereocenters. The summed E-state index contributed by atoms with van der Waals surface area (Å²) in [7, 11) is -1.90. The minimum Gasteiger partial charge on any atom is -0.486 e. The lowest BCUT2D eigenvalue weighted by Gasteiger charge is -2.19. The minimum absolute atomic E-state index is 0.0597. The third kappa shape index (κ3) is 4.10. The van der Waals surface area contributed by atoms with Gasteiger partial charge in [-0.15, -0.1) is 0 Å². The van der Waals surface area contributed by atoms with E-state index in [1.165, 1.54) is 12.1 Å². The lowest BCUT2D eigenvalue weighted by atomic mass is 10.1. The van der Waals surface area contributed by atoms with E-state index in [1.807, 2.05) is 42.1 Å². The van der Waals surface area contributed by atoms with Crippen molar-refractivity contribution in [2.75, 3.05) is 23.3 Å². The molecular weight excluding hydrogens is 442 g/mol. The summed E-state index contributed by atoms with van der Waals surface area (Å²) in [5.74, 6) is 0.624. The fourth-order valence-electron chi connectivity index (χ4n) is 3.70. The molecule has 1 amide bonds. The highest BCUT2D eigenvalue weighted by atomic mass is 32.2. The van der Waals surface area contributed by atoms with Crippen molar-refractivity contribution in [3.63, 3.8) is 0 Å². The highest BCUT2D eigenvalue weighted by Gasteiger charge is 2.20. The van der Waals surface area contributed by atoms with Crippen LogP contribution in [0, 0.1) is 0 Å². The van der Waals surface area contributed by atoms with Crippen LogP contribution < -0.4 is 19.5 Å². The molecule has 0 saturated carbocycles. The number of sulfonamides is 1. The number of hydrogen-bond donors (Lipinski definition) is 2. The van der Waals surface area contributed by atoms with E-state index in [4.69, 9.17) is 9.47 Å². The number of nitrogens with one attached hydrogen (secondary N) is 2. The fraction of sp³-hybridized carbons (Fsp3) is 0.125. The van der Waals surface area contributed by atoms with Crippen LogP contribution in [0.25, 0.3) is 10.9 Å². The van der Waals surface area contributed by atoms with Gasteiger partial charge in [-0.3, -0.25) is 9.52 Å². The first-order chi connectivity index (χ1) is 15.9. The Labute approximate surface area is 190 Å². The Morgan fingerprint density at radius 3 is 2.48 bits per heavy atom. The van der Waals surface area contributed by atoms with E-state index in [-0.39, 0.29) is 10.8 Å². The summed E-state index contributed by atoms with van der Waals surface area (Å²) in [4.78, 5) is 12.8. The van der Waals surface area contributed by atoms with Gasteiger partial charge in [0.2, 0.25) is 0 Å². The molecule has 3 aromatic carbocycles. The number of amides is 1. The maximum atomic E-state index is 12.8. The molecule has 9 heteroatoms. The van der Waals surface area contributed by atoms with Gasteiger partial charge in [0.05, 0.1) is 10.6 Å². The summed E-state index contributed by atoms with van der Waals surface area (Å²) in [5, 5.41) is 3.86. The Morgan fingerprint density at radius 1 is 0.939 bits per heavy atom. The zero-order valence-corrected chi connectivity index (χ0v) is 18.6. The maximum Gasteiger partial charge on any atom is 0.262 e. The molecule has 4 aromatic rings. The number of aryl methyl sites for hydroxylation is 1. The van der Waals surface area contributed by atoms with Crippen LogP contribution in [0.1, 0.15) is 10.4 Å². The van der Waals surface area contributed by atoms with Crippen LogP contribution in [0.4, 0.5) is 11.4 Å². The van der Waals surface area contributed by atoms with E-state index in [0.29, 0.717) is 41.7 Å². The van der Waals surface area contributed by atoms with Crippen molar-refractivity contribution >= 4 is 38.2 Å². The van der Waals surface area contributed by atoms with Gasteiger partial charge in [0, 0.05) is 41.5 Å². The Bertz CT molecular complexity index is 1460. The van der Waals surface area contributed by atoms with Crippen molar-refractivity contribution in [3.05, 3.63) is 78.5 Å². The Kier molecular flexibility index (Phi) is 5.18. The highest BCUT2D eigenvalue weighted by molar-refractivity contribution is 7.92. The number of fused-ring (bicyclic) bond motifs is 2. The molecule has 2 N–H and O–H groups in total. The maximum absolute atomic E-state index is 12.8. The zero-order valence-electron chi connectivity index (χ0n) is 17.7. The Hall–Kier alpha value is -3.98. The average molecular weight is 464 g/mol. The summed E-state index contributed by atoms with van der Waals surface area (Å²) in [6.07, 6.45) is 1.93. The number of hydrogen-bond acceptors (Lipinski definition) is 5. The molecule has 1 aromatic heterocycles. The van der Waals surface area contributed by atoms with Crippen molar-refractivity contribution in [1.82, 2.24) is 4.57 Å². The average Bonchev–Trinajstić information content (AvgIpc) is 3.21. The van der Waals surface area contributed by atoms with Gasteiger partial charge in [0.1, 0.15) is 13.2 Å². The van der Waals surface area contributed by atoms with E-state index in [9.17, 15) is 13.2 Å². The van der Waals surface area contributed by atoms with Crippen LogP contribution in [0.3, 0.4) is 0 Å². The second-order valence-electron chi connectivity index (χ2n) is 7.61. The minimum atomic E-state index is -3.84. The van der Waals surface area contributed by atoms with Gasteiger partial charge in [-0.1, -0.05) is 6.07 Å². The predicted octanol–water partition coefficient (Wildman–Crippen LogP) is 4.00. The lowest BCUT2D eigenvalue weighted by molar-refractivity contribution is 0.102. The Morgan fingerprint density at radius 2 is 1.70 bits per heavy atom. The molecular formula is C24H21N3O5S. The zero-order chi connectivity index (χ0) is 23.0. The largest absolute Gasteiger partial charge is 0.486 e. The van der Waals surface area contributed by atoms with E-state index in [2.05, 4.69) is 10.0 Å². The summed E-state index contributed by atoms with van der Waals surface area (Å²) in [6, 6.07) is 18.4. The molecule has 0 bridgehead atoms. The molecule has 0 radical (unpaired) electrons. The molecule has 0 spiro atoms. The summed E-state index contributed by atoms with van der Waals surface area (Å²) >= 11 is 0. The number of ether oxygens (including phenoxy) is 2. The van der Waals surface area contributed by atoms with Crippen LogP contribution in [0.5, 0.6) is 11.5 Å². The van der Waals surface area contributed by atoms with E-state index in [1.54, 1.807) is 30.3 Å². The van der Waals surface area contributed by atoms with Crippen LogP contribution in [0.15, 0.2) is 77.8 Å². The topological polar surface area (TPSA) is 98.7 Å². The summed E-state index contributed by atoms with van der Waals surface area (Å²) in [6.45, 7) is 0.796. The molecule has 168 valence electrons. The van der Waals surface area contributed by atoms with E-state index >= 15 is 0 Å². The number of carbonyl (C=O) groups excluding carboxylic acids is 1. The third-order valence-electron chi connectivity index (χ3n) is 5.40. The molecule has 5 rings (SSSR count). The van der Waals surface area contributed by atoms with Crippen molar-refractivity contribution in [2.24, 2.45) is 7.05 Å². The van der Waals surface area contributed by atoms with Gasteiger partial charge in [-0.05, 0) is 54.6 Å². The number of rotatable bonds is 5. The number of carbonyl (C=O) groups is 1. The highest BCUT2D eigenvalue weighted by Crippen LogP contribution is 2.33. The van der Waals surface area contributed by atoms with Crippen molar-refractivity contribution in [1.29, 1.82) is 0 Å². The smallest absolute Gasteiger partial charge is 0.262 e. The van der Waals surface area contributed by atoms with Crippen LogP contribution in [-0.2, 0) is 17.1 Å². The molecule has 0 fully saturated rings. The number of anilines is 2.